The van der Waals surface area contributed by atoms with Crippen molar-refractivity contribution in [1.29, 1.82) is 0 Å². The molecule has 1 fully saturated rings. The average Bonchev–Trinajstić information content (AvgIpc) is 2.79. The second-order valence-corrected chi connectivity index (χ2v) is 7.25. The molecule has 170 valence electrons. The van der Waals surface area contributed by atoms with Gasteiger partial charge in [-0.25, -0.2) is 0 Å². The maximum Gasteiger partial charge on any atom is 0.195 e. The Morgan fingerprint density at radius 3 is 2.65 bits per heavy atom. The van der Waals surface area contributed by atoms with E-state index < -0.39 is 0 Å². The smallest absolute Gasteiger partial charge is 0.195 e. The summed E-state index contributed by atoms with van der Waals surface area (Å²) in [5.74, 6) is 2.53. The summed E-state index contributed by atoms with van der Waals surface area (Å²) in [6.07, 6.45) is 2.28. The Morgan fingerprint density at radius 1 is 1.13 bits per heavy atom. The number of halogens is 1. The monoisotopic (exact) mass is 539 g/mol. The first-order valence-electron chi connectivity index (χ1n) is 10.8. The van der Waals surface area contributed by atoms with Gasteiger partial charge in [0.1, 0.15) is 0 Å². The molecule has 31 heavy (non-hydrogen) atoms. The number of rotatable bonds is 8. The molecule has 7 heteroatoms. The van der Waals surface area contributed by atoms with Gasteiger partial charge in [-0.15, -0.1) is 24.0 Å². The summed E-state index contributed by atoms with van der Waals surface area (Å²) in [6, 6.07) is 16.3. The van der Waals surface area contributed by atoms with Crippen LogP contribution in [0.15, 0.2) is 53.5 Å². The number of ether oxygens (including phenoxy) is 3. The Kier molecular flexibility index (Phi) is 10.9. The molecule has 0 amide bonds. The van der Waals surface area contributed by atoms with Gasteiger partial charge in [-0.1, -0.05) is 30.3 Å². The Bertz CT molecular complexity index is 817. The molecule has 6 nitrogen and oxygen atoms in total. The minimum atomic E-state index is 0. The number of benzene rings is 2. The first kappa shape index (κ1) is 25.3. The van der Waals surface area contributed by atoms with E-state index >= 15 is 0 Å². The molecule has 1 aliphatic rings. The number of methoxy groups -OCH3 is 1. The molecule has 2 aromatic rings. The molecule has 0 aromatic heterocycles. The molecule has 0 aliphatic carbocycles. The normalized spacial score (nSPS) is 18.6. The average molecular weight is 539 g/mol. The molecule has 0 radical (unpaired) electrons. The molecule has 2 atom stereocenters. The van der Waals surface area contributed by atoms with E-state index in [0.717, 1.165) is 43.4 Å². The van der Waals surface area contributed by atoms with Crippen molar-refractivity contribution in [3.8, 4) is 11.5 Å². The second kappa shape index (κ2) is 13.4. The fraction of sp³-hybridized carbons (Fsp3) is 0.458. The van der Waals surface area contributed by atoms with Crippen LogP contribution in [0.4, 0.5) is 5.69 Å². The Labute approximate surface area is 202 Å². The van der Waals surface area contributed by atoms with Crippen molar-refractivity contribution in [3.05, 3.63) is 54.1 Å². The Morgan fingerprint density at radius 2 is 1.94 bits per heavy atom. The third-order valence-corrected chi connectivity index (χ3v) is 5.13. The van der Waals surface area contributed by atoms with Gasteiger partial charge in [0.2, 0.25) is 0 Å². The van der Waals surface area contributed by atoms with Gasteiger partial charge < -0.3 is 24.8 Å². The maximum absolute atomic E-state index is 6.11. The van der Waals surface area contributed by atoms with E-state index in [-0.39, 0.29) is 30.1 Å². The van der Waals surface area contributed by atoms with Crippen molar-refractivity contribution in [2.24, 2.45) is 10.9 Å². The van der Waals surface area contributed by atoms with Crippen molar-refractivity contribution in [1.82, 2.24) is 5.32 Å². The fourth-order valence-electron chi connectivity index (χ4n) is 3.71. The van der Waals surface area contributed by atoms with Crippen molar-refractivity contribution < 1.29 is 14.2 Å². The largest absolute Gasteiger partial charge is 0.493 e. The second-order valence-electron chi connectivity index (χ2n) is 7.25. The first-order chi connectivity index (χ1) is 14.7. The van der Waals surface area contributed by atoms with Crippen LogP contribution in [0.3, 0.4) is 0 Å². The Hall–Kier alpha value is -2.00. The van der Waals surface area contributed by atoms with Crippen LogP contribution < -0.4 is 20.1 Å². The number of hydrogen-bond acceptors (Lipinski definition) is 4. The van der Waals surface area contributed by atoms with E-state index in [1.807, 2.05) is 31.2 Å². The van der Waals surface area contributed by atoms with Crippen LogP contribution in [0.5, 0.6) is 11.5 Å². The summed E-state index contributed by atoms with van der Waals surface area (Å²) in [5, 5.41) is 6.71. The molecule has 2 unspecified atom stereocenters. The summed E-state index contributed by atoms with van der Waals surface area (Å²) in [6.45, 7) is 6.90. The lowest BCUT2D eigenvalue weighted by atomic mass is 9.89. The fourth-order valence-corrected chi connectivity index (χ4v) is 3.71. The molecular weight excluding hydrogens is 505 g/mol. The van der Waals surface area contributed by atoms with Crippen molar-refractivity contribution in [3.63, 3.8) is 0 Å². The van der Waals surface area contributed by atoms with E-state index in [2.05, 4.69) is 41.8 Å². The SMILES string of the molecule is CCNC(=NCC1CCCOC1c1ccccc1)Nc1ccc(OCC)c(OC)c1.I. The van der Waals surface area contributed by atoms with Crippen LogP contribution in [-0.2, 0) is 4.74 Å². The van der Waals surface area contributed by atoms with E-state index in [4.69, 9.17) is 19.2 Å². The van der Waals surface area contributed by atoms with E-state index in [1.54, 1.807) is 7.11 Å². The lowest BCUT2D eigenvalue weighted by Crippen LogP contribution is -2.32. The van der Waals surface area contributed by atoms with Crippen LogP contribution in [0.25, 0.3) is 0 Å². The predicted octanol–water partition coefficient (Wildman–Crippen LogP) is 5.26. The summed E-state index contributed by atoms with van der Waals surface area (Å²) >= 11 is 0. The summed E-state index contributed by atoms with van der Waals surface area (Å²) in [4.78, 5) is 4.86. The van der Waals surface area contributed by atoms with Gasteiger partial charge >= 0.3 is 0 Å². The third-order valence-electron chi connectivity index (χ3n) is 5.13. The molecule has 2 N–H and O–H groups in total. The van der Waals surface area contributed by atoms with Gasteiger partial charge in [0, 0.05) is 37.4 Å². The summed E-state index contributed by atoms with van der Waals surface area (Å²) < 4.78 is 17.2. The van der Waals surface area contributed by atoms with E-state index in [1.165, 1.54) is 5.56 Å². The maximum atomic E-state index is 6.11. The molecule has 3 rings (SSSR count). The van der Waals surface area contributed by atoms with E-state index in [0.29, 0.717) is 24.8 Å². The highest BCUT2D eigenvalue weighted by atomic mass is 127. The highest BCUT2D eigenvalue weighted by molar-refractivity contribution is 14.0. The summed E-state index contributed by atoms with van der Waals surface area (Å²) in [5.41, 5.74) is 2.13. The van der Waals surface area contributed by atoms with Gasteiger partial charge in [-0.2, -0.15) is 0 Å². The van der Waals surface area contributed by atoms with Gasteiger partial charge in [0.15, 0.2) is 17.5 Å². The number of guanidine groups is 1. The van der Waals surface area contributed by atoms with Crippen molar-refractivity contribution >= 4 is 35.6 Å². The standard InChI is InChI=1S/C24H33N3O3.HI/c1-4-25-24(27-20-13-14-21(29-5-2)22(16-20)28-3)26-17-19-12-9-15-30-23(19)18-10-7-6-8-11-18;/h6-8,10-11,13-14,16,19,23H,4-5,9,12,15,17H2,1-3H3,(H2,25,26,27);1H. The minimum Gasteiger partial charge on any atom is -0.493 e. The van der Waals surface area contributed by atoms with Crippen molar-refractivity contribution in [2.75, 3.05) is 38.7 Å². The topological polar surface area (TPSA) is 64.1 Å². The lowest BCUT2D eigenvalue weighted by molar-refractivity contribution is -0.0250. The molecule has 0 bridgehead atoms. The predicted molar refractivity (Wildman–Crippen MR) is 137 cm³/mol. The first-order valence-corrected chi connectivity index (χ1v) is 10.8. The van der Waals surface area contributed by atoms with Crippen LogP contribution in [0, 0.1) is 5.92 Å². The van der Waals surface area contributed by atoms with Crippen molar-refractivity contribution in [2.45, 2.75) is 32.8 Å². The van der Waals surface area contributed by atoms with E-state index in [9.17, 15) is 0 Å². The molecular formula is C24H34IN3O3. The molecule has 0 saturated carbocycles. The molecule has 2 aromatic carbocycles. The Balaban J connectivity index is 0.00000341. The van der Waals surface area contributed by atoms with Gasteiger partial charge in [-0.3, -0.25) is 4.99 Å². The van der Waals surface area contributed by atoms with Crippen LogP contribution in [0.1, 0.15) is 38.4 Å². The molecule has 0 spiro atoms. The van der Waals surface area contributed by atoms with Crippen LogP contribution in [-0.4, -0.2) is 39.4 Å². The zero-order valence-electron chi connectivity index (χ0n) is 18.6. The zero-order valence-corrected chi connectivity index (χ0v) is 20.9. The highest BCUT2D eigenvalue weighted by Crippen LogP contribution is 2.34. The molecule has 1 aliphatic heterocycles. The number of nitrogens with one attached hydrogen (secondary N) is 2. The minimum absolute atomic E-state index is 0. The van der Waals surface area contributed by atoms with Gasteiger partial charge in [-0.05, 0) is 44.4 Å². The lowest BCUT2D eigenvalue weighted by Gasteiger charge is -2.31. The number of hydrogen-bond donors (Lipinski definition) is 2. The van der Waals surface area contributed by atoms with Crippen LogP contribution in [0.2, 0.25) is 0 Å². The summed E-state index contributed by atoms with van der Waals surface area (Å²) in [7, 11) is 1.65. The van der Waals surface area contributed by atoms with Gasteiger partial charge in [0.25, 0.3) is 0 Å². The highest BCUT2D eigenvalue weighted by Gasteiger charge is 2.27. The third kappa shape index (κ3) is 7.28. The number of aliphatic imine (C=N–C) groups is 1. The molecule has 1 saturated heterocycles. The number of nitrogens with zero attached hydrogens (tertiary/aromatic N) is 1. The molecule has 1 heterocycles. The van der Waals surface area contributed by atoms with Gasteiger partial charge in [0.05, 0.1) is 19.8 Å². The quantitative estimate of drug-likeness (QED) is 0.273. The number of anilines is 1. The zero-order chi connectivity index (χ0) is 21.2. The van der Waals surface area contributed by atoms with Crippen LogP contribution >= 0.6 is 24.0 Å².